The van der Waals surface area contributed by atoms with Crippen molar-refractivity contribution in [2.24, 2.45) is 5.73 Å². The minimum atomic E-state index is -4.46. The molecular formula is C17H15F3N2O2S. The Labute approximate surface area is 145 Å². The highest BCUT2D eigenvalue weighted by Crippen LogP contribution is 2.38. The van der Waals surface area contributed by atoms with E-state index in [1.54, 1.807) is 0 Å². The lowest BCUT2D eigenvalue weighted by Gasteiger charge is -2.11. The quantitative estimate of drug-likeness (QED) is 0.860. The van der Waals surface area contributed by atoms with Crippen LogP contribution < -0.4 is 11.1 Å². The first-order valence-electron chi connectivity index (χ1n) is 7.70. The van der Waals surface area contributed by atoms with Crippen LogP contribution in [0.25, 0.3) is 0 Å². The van der Waals surface area contributed by atoms with Gasteiger partial charge in [0.05, 0.1) is 11.1 Å². The maximum absolute atomic E-state index is 12.6. The fourth-order valence-corrected chi connectivity index (χ4v) is 4.19. The molecule has 132 valence electrons. The van der Waals surface area contributed by atoms with E-state index >= 15 is 0 Å². The molecule has 1 aliphatic carbocycles. The fraction of sp³-hybridized carbons (Fsp3) is 0.294. The number of benzene rings is 1. The van der Waals surface area contributed by atoms with Gasteiger partial charge in [0.25, 0.3) is 11.8 Å². The summed E-state index contributed by atoms with van der Waals surface area (Å²) in [6.07, 6.45) is -0.925. The fourth-order valence-electron chi connectivity index (χ4n) is 2.90. The highest BCUT2D eigenvalue weighted by Gasteiger charge is 2.30. The van der Waals surface area contributed by atoms with Crippen LogP contribution in [0.1, 0.15) is 49.6 Å². The smallest absolute Gasteiger partial charge is 0.365 e. The predicted octanol–water partition coefficient (Wildman–Crippen LogP) is 4.00. The van der Waals surface area contributed by atoms with Gasteiger partial charge in [-0.1, -0.05) is 0 Å². The molecule has 0 saturated heterocycles. The number of fused-ring (bicyclic) bond motifs is 1. The summed E-state index contributed by atoms with van der Waals surface area (Å²) in [5, 5.41) is 2.99. The molecule has 1 aromatic heterocycles. The van der Waals surface area contributed by atoms with Gasteiger partial charge in [-0.05, 0) is 55.5 Å². The molecule has 0 aliphatic heterocycles. The van der Waals surface area contributed by atoms with Gasteiger partial charge >= 0.3 is 6.18 Å². The number of nitrogens with two attached hydrogens (primary N) is 1. The number of rotatable bonds is 3. The molecule has 0 fully saturated rings. The Morgan fingerprint density at radius 3 is 2.32 bits per heavy atom. The second kappa shape index (κ2) is 6.51. The van der Waals surface area contributed by atoms with Crippen LogP contribution in [0.2, 0.25) is 0 Å². The number of primary amides is 1. The van der Waals surface area contributed by atoms with Crippen molar-refractivity contribution in [3.05, 3.63) is 51.4 Å². The van der Waals surface area contributed by atoms with Crippen molar-refractivity contribution in [1.29, 1.82) is 0 Å². The zero-order valence-electron chi connectivity index (χ0n) is 13.1. The number of amides is 2. The number of aryl methyl sites for hydroxylation is 1. The minimum Gasteiger partial charge on any atom is -0.365 e. The molecule has 0 bridgehead atoms. The van der Waals surface area contributed by atoms with Gasteiger partial charge in [0, 0.05) is 10.4 Å². The van der Waals surface area contributed by atoms with Gasteiger partial charge in [0.2, 0.25) is 0 Å². The van der Waals surface area contributed by atoms with Crippen molar-refractivity contribution in [3.8, 4) is 0 Å². The second-order valence-corrected chi connectivity index (χ2v) is 6.91. The largest absolute Gasteiger partial charge is 0.416 e. The maximum atomic E-state index is 12.6. The van der Waals surface area contributed by atoms with Crippen LogP contribution in [-0.2, 0) is 19.0 Å². The monoisotopic (exact) mass is 368 g/mol. The molecule has 0 radical (unpaired) electrons. The van der Waals surface area contributed by atoms with E-state index in [1.807, 2.05) is 0 Å². The first-order valence-corrected chi connectivity index (χ1v) is 8.52. The first kappa shape index (κ1) is 17.5. The molecule has 1 heterocycles. The molecule has 3 rings (SSSR count). The van der Waals surface area contributed by atoms with Crippen molar-refractivity contribution in [1.82, 2.24) is 0 Å². The average Bonchev–Trinajstić information content (AvgIpc) is 2.92. The first-order chi connectivity index (χ1) is 11.8. The number of thiophene rings is 1. The van der Waals surface area contributed by atoms with Crippen LogP contribution in [-0.4, -0.2) is 11.8 Å². The van der Waals surface area contributed by atoms with Gasteiger partial charge in [-0.25, -0.2) is 0 Å². The number of carbonyl (C=O) groups is 2. The van der Waals surface area contributed by atoms with Crippen molar-refractivity contribution in [3.63, 3.8) is 0 Å². The van der Waals surface area contributed by atoms with Crippen LogP contribution in [0.5, 0.6) is 0 Å². The van der Waals surface area contributed by atoms with Gasteiger partial charge in [-0.2, -0.15) is 13.2 Å². The van der Waals surface area contributed by atoms with Crippen molar-refractivity contribution in [2.75, 3.05) is 5.32 Å². The summed E-state index contributed by atoms with van der Waals surface area (Å²) in [7, 11) is 0. The summed E-state index contributed by atoms with van der Waals surface area (Å²) < 4.78 is 37.8. The van der Waals surface area contributed by atoms with Crippen molar-refractivity contribution < 1.29 is 22.8 Å². The zero-order chi connectivity index (χ0) is 18.2. The van der Waals surface area contributed by atoms with Crippen LogP contribution in [0.3, 0.4) is 0 Å². The lowest BCUT2D eigenvalue weighted by Crippen LogP contribution is -2.18. The number of carbonyl (C=O) groups excluding carboxylic acids is 2. The molecule has 8 heteroatoms. The highest BCUT2D eigenvalue weighted by atomic mass is 32.1. The predicted molar refractivity (Wildman–Crippen MR) is 88.9 cm³/mol. The highest BCUT2D eigenvalue weighted by molar-refractivity contribution is 7.17. The number of halogens is 3. The molecule has 0 spiro atoms. The molecule has 2 aromatic rings. The molecule has 25 heavy (non-hydrogen) atoms. The third-order valence-electron chi connectivity index (χ3n) is 4.12. The van der Waals surface area contributed by atoms with Crippen molar-refractivity contribution in [2.45, 2.75) is 31.9 Å². The Morgan fingerprint density at radius 1 is 1.08 bits per heavy atom. The molecule has 1 aromatic carbocycles. The van der Waals surface area contributed by atoms with E-state index in [9.17, 15) is 22.8 Å². The zero-order valence-corrected chi connectivity index (χ0v) is 13.9. The summed E-state index contributed by atoms with van der Waals surface area (Å²) in [4.78, 5) is 25.1. The Balaban J connectivity index is 1.86. The molecule has 2 amide bonds. The Bertz CT molecular complexity index is 826. The normalized spacial score (nSPS) is 14.0. The lowest BCUT2D eigenvalue weighted by atomic mass is 9.95. The van der Waals surface area contributed by atoms with E-state index < -0.39 is 23.6 Å². The Hall–Kier alpha value is -2.35. The number of hydrogen-bond acceptors (Lipinski definition) is 3. The molecule has 4 nitrogen and oxygen atoms in total. The second-order valence-electron chi connectivity index (χ2n) is 5.81. The molecule has 0 saturated carbocycles. The Kier molecular flexibility index (Phi) is 4.55. The summed E-state index contributed by atoms with van der Waals surface area (Å²) in [6, 6.07) is 3.91. The van der Waals surface area contributed by atoms with Gasteiger partial charge in [-0.3, -0.25) is 9.59 Å². The molecule has 1 aliphatic rings. The van der Waals surface area contributed by atoms with E-state index in [-0.39, 0.29) is 5.56 Å². The lowest BCUT2D eigenvalue weighted by molar-refractivity contribution is -0.137. The number of alkyl halides is 3. The Morgan fingerprint density at radius 2 is 1.72 bits per heavy atom. The van der Waals surface area contributed by atoms with Gasteiger partial charge in [0.15, 0.2) is 0 Å². The van der Waals surface area contributed by atoms with E-state index in [4.69, 9.17) is 5.73 Å². The summed E-state index contributed by atoms with van der Waals surface area (Å²) >= 11 is 1.31. The average molecular weight is 368 g/mol. The van der Waals surface area contributed by atoms with Crippen LogP contribution in [0.4, 0.5) is 18.2 Å². The van der Waals surface area contributed by atoms with Crippen LogP contribution in [0.15, 0.2) is 24.3 Å². The SMILES string of the molecule is NC(=O)c1c(NC(=O)c2ccc(C(F)(F)F)cc2)sc2c1CCCC2. The molecule has 0 unspecified atom stereocenters. The third-order valence-corrected chi connectivity index (χ3v) is 5.33. The third kappa shape index (κ3) is 3.53. The summed E-state index contributed by atoms with van der Waals surface area (Å²) in [5.74, 6) is -1.18. The summed E-state index contributed by atoms with van der Waals surface area (Å²) in [5.41, 5.74) is 5.91. The number of nitrogens with one attached hydrogen (secondary N) is 1. The number of anilines is 1. The van der Waals surface area contributed by atoms with Crippen LogP contribution >= 0.6 is 11.3 Å². The van der Waals surface area contributed by atoms with Crippen LogP contribution in [0, 0.1) is 0 Å². The van der Waals surface area contributed by atoms with E-state index in [2.05, 4.69) is 5.32 Å². The maximum Gasteiger partial charge on any atom is 0.416 e. The summed E-state index contributed by atoms with van der Waals surface area (Å²) in [6.45, 7) is 0. The van der Waals surface area contributed by atoms with E-state index in [0.717, 1.165) is 60.4 Å². The standard InChI is InChI=1S/C17H15F3N2O2S/c18-17(19,20)10-7-5-9(6-8-10)15(24)22-16-13(14(21)23)11-3-1-2-4-12(11)25-16/h5-8H,1-4H2,(H2,21,23)(H,22,24). The van der Waals surface area contributed by atoms with Gasteiger partial charge in [-0.15, -0.1) is 11.3 Å². The van der Waals surface area contributed by atoms with Crippen molar-refractivity contribution >= 4 is 28.2 Å². The molecule has 0 atom stereocenters. The topological polar surface area (TPSA) is 72.2 Å². The van der Waals surface area contributed by atoms with E-state index in [0.29, 0.717) is 10.6 Å². The van der Waals surface area contributed by atoms with Gasteiger partial charge in [0.1, 0.15) is 5.00 Å². The van der Waals surface area contributed by atoms with E-state index in [1.165, 1.54) is 11.3 Å². The molecule has 3 N–H and O–H groups in total. The molecular weight excluding hydrogens is 353 g/mol. The van der Waals surface area contributed by atoms with Gasteiger partial charge < -0.3 is 11.1 Å². The number of hydrogen-bond donors (Lipinski definition) is 2. The minimum absolute atomic E-state index is 0.0785.